The number of rotatable bonds is 7. The molecule has 12 aromatic rings. The van der Waals surface area contributed by atoms with Crippen molar-refractivity contribution in [1.82, 2.24) is 19.5 Å². The number of hydrogen-bond acceptors (Lipinski definition) is 4. The van der Waals surface area contributed by atoms with Gasteiger partial charge in [0.25, 0.3) is 0 Å². The molecule has 290 valence electrons. The minimum Gasteiger partial charge on any atom is -0.456 e. The summed E-state index contributed by atoms with van der Waals surface area (Å²) in [6.45, 7) is 0. The maximum Gasteiger partial charge on any atom is 0.164 e. The van der Waals surface area contributed by atoms with E-state index in [0.29, 0.717) is 17.5 Å². The largest absolute Gasteiger partial charge is 0.456 e. The number of para-hydroxylation sites is 2. The lowest BCUT2D eigenvalue weighted by atomic mass is 9.97. The lowest BCUT2D eigenvalue weighted by Gasteiger charge is -2.13. The van der Waals surface area contributed by atoms with Gasteiger partial charge in [-0.2, -0.15) is 0 Å². The number of hydrogen-bond donors (Lipinski definition) is 0. The van der Waals surface area contributed by atoms with Crippen LogP contribution < -0.4 is 0 Å². The first kappa shape index (κ1) is 35.5. The van der Waals surface area contributed by atoms with E-state index >= 15 is 0 Å². The van der Waals surface area contributed by atoms with Crippen molar-refractivity contribution in [2.75, 3.05) is 0 Å². The van der Waals surface area contributed by atoms with Gasteiger partial charge in [-0.1, -0.05) is 164 Å². The highest BCUT2D eigenvalue weighted by Crippen LogP contribution is 2.42. The van der Waals surface area contributed by atoms with Gasteiger partial charge in [0.2, 0.25) is 0 Å². The van der Waals surface area contributed by atoms with Crippen molar-refractivity contribution in [2.24, 2.45) is 0 Å². The van der Waals surface area contributed by atoms with Crippen LogP contribution in [0.4, 0.5) is 0 Å². The molecule has 12 rings (SSSR count). The molecule has 0 atom stereocenters. The fraction of sp³-hybridized carbons (Fsp3) is 0. The summed E-state index contributed by atoms with van der Waals surface area (Å²) in [5.41, 5.74) is 14.6. The van der Waals surface area contributed by atoms with Gasteiger partial charge in [-0.3, -0.25) is 0 Å². The van der Waals surface area contributed by atoms with E-state index in [1.54, 1.807) is 0 Å². The van der Waals surface area contributed by atoms with E-state index in [1.165, 1.54) is 21.9 Å². The minimum atomic E-state index is 0.614. The van der Waals surface area contributed by atoms with Gasteiger partial charge in [-0.25, -0.2) is 15.0 Å². The lowest BCUT2D eigenvalue weighted by Crippen LogP contribution is -2.01. The van der Waals surface area contributed by atoms with E-state index in [4.69, 9.17) is 19.4 Å². The van der Waals surface area contributed by atoms with Crippen LogP contribution in [0.5, 0.6) is 0 Å². The molecule has 5 heteroatoms. The Kier molecular flexibility index (Phi) is 8.42. The van der Waals surface area contributed by atoms with Crippen molar-refractivity contribution in [3.8, 4) is 73.2 Å². The van der Waals surface area contributed by atoms with Gasteiger partial charge in [0.05, 0.1) is 11.0 Å². The Morgan fingerprint density at radius 3 is 1.63 bits per heavy atom. The number of benzene rings is 9. The summed E-state index contributed by atoms with van der Waals surface area (Å²) in [6, 6.07) is 76.2. The van der Waals surface area contributed by atoms with Gasteiger partial charge in [0.15, 0.2) is 17.5 Å². The Morgan fingerprint density at radius 2 is 0.871 bits per heavy atom. The molecule has 0 spiro atoms. The molecule has 0 unspecified atom stereocenters. The van der Waals surface area contributed by atoms with Gasteiger partial charge in [-0.15, -0.1) is 0 Å². The third-order valence-electron chi connectivity index (χ3n) is 11.9. The van der Waals surface area contributed by atoms with E-state index in [2.05, 4.69) is 187 Å². The Bertz CT molecular complexity index is 3610. The van der Waals surface area contributed by atoms with Crippen LogP contribution >= 0.6 is 0 Å². The fourth-order valence-corrected chi connectivity index (χ4v) is 8.95. The van der Waals surface area contributed by atoms with E-state index in [-0.39, 0.29) is 0 Å². The fourth-order valence-electron chi connectivity index (χ4n) is 8.95. The second-order valence-corrected chi connectivity index (χ2v) is 15.6. The molecule has 5 nitrogen and oxygen atoms in total. The molecule has 0 radical (unpaired) electrons. The molecule has 3 heterocycles. The van der Waals surface area contributed by atoms with Crippen molar-refractivity contribution in [3.05, 3.63) is 218 Å². The quantitative estimate of drug-likeness (QED) is 0.161. The first-order chi connectivity index (χ1) is 30.7. The first-order valence-corrected chi connectivity index (χ1v) is 20.8. The molecule has 0 bridgehead atoms. The maximum atomic E-state index is 6.59. The SMILES string of the molecule is c1ccc(-c2cccc(-c3nc(-c4ccccc4)nc(-c4ccc(-n5c6ccccc6c6cccc(-c7ccc8c(c7)oc7cccc(-c9ccccc9)c78)c65)cc4)n3)c2)cc1. The predicted octanol–water partition coefficient (Wildman–Crippen LogP) is 14.9. The molecule has 0 saturated carbocycles. The van der Waals surface area contributed by atoms with Gasteiger partial charge < -0.3 is 8.98 Å². The second kappa shape index (κ2) is 14.7. The number of nitrogens with zero attached hydrogens (tertiary/aromatic N) is 4. The average molecular weight is 793 g/mol. The van der Waals surface area contributed by atoms with E-state index in [0.717, 1.165) is 77.6 Å². The van der Waals surface area contributed by atoms with Gasteiger partial charge in [0.1, 0.15) is 11.2 Å². The van der Waals surface area contributed by atoms with Crippen molar-refractivity contribution in [3.63, 3.8) is 0 Å². The topological polar surface area (TPSA) is 56.7 Å². The summed E-state index contributed by atoms with van der Waals surface area (Å²) in [5, 5.41) is 4.62. The van der Waals surface area contributed by atoms with Crippen LogP contribution in [0.3, 0.4) is 0 Å². The van der Waals surface area contributed by atoms with E-state index in [1.807, 2.05) is 36.4 Å². The van der Waals surface area contributed by atoms with E-state index in [9.17, 15) is 0 Å². The molecule has 0 aliphatic rings. The molecule has 3 aromatic heterocycles. The van der Waals surface area contributed by atoms with Crippen LogP contribution in [0.15, 0.2) is 223 Å². The first-order valence-electron chi connectivity index (χ1n) is 20.8. The van der Waals surface area contributed by atoms with Crippen LogP contribution in [-0.4, -0.2) is 19.5 Å². The Hall–Kier alpha value is -8.41. The Balaban J connectivity index is 0.983. The van der Waals surface area contributed by atoms with Crippen LogP contribution in [0.25, 0.3) is 117 Å². The second-order valence-electron chi connectivity index (χ2n) is 15.6. The normalized spacial score (nSPS) is 11.5. The van der Waals surface area contributed by atoms with Gasteiger partial charge >= 0.3 is 0 Å². The van der Waals surface area contributed by atoms with E-state index < -0.39 is 0 Å². The molecule has 0 fully saturated rings. The molecular weight excluding hydrogens is 757 g/mol. The van der Waals surface area contributed by atoms with Crippen molar-refractivity contribution in [1.29, 1.82) is 0 Å². The van der Waals surface area contributed by atoms with Gasteiger partial charge in [-0.05, 0) is 82.4 Å². The number of aromatic nitrogens is 4. The summed E-state index contributed by atoms with van der Waals surface area (Å²) >= 11 is 0. The molecular formula is C57H36N4O. The molecule has 0 N–H and O–H groups in total. The molecule has 9 aromatic carbocycles. The highest BCUT2D eigenvalue weighted by atomic mass is 16.3. The standard InChI is InChI=1S/C57H36N4O/c1-4-15-37(16-5-1)41-21-12-22-43(35-41)57-59-55(39-19-8-3-9-20-39)58-56(60-57)40-29-32-44(33-30-40)61-50-27-11-10-23-47(50)48-26-13-25-46(54(48)61)42-31-34-49-52(36-42)62-51-28-14-24-45(53(49)51)38-17-6-2-7-18-38/h1-36H. The maximum absolute atomic E-state index is 6.59. The zero-order valence-electron chi connectivity index (χ0n) is 33.5. The van der Waals surface area contributed by atoms with Gasteiger partial charge in [0, 0.05) is 49.5 Å². The van der Waals surface area contributed by atoms with Crippen LogP contribution in [0, 0.1) is 0 Å². The molecule has 0 aliphatic heterocycles. The highest BCUT2D eigenvalue weighted by Gasteiger charge is 2.20. The molecule has 0 amide bonds. The third kappa shape index (κ3) is 6.06. The minimum absolute atomic E-state index is 0.614. The lowest BCUT2D eigenvalue weighted by molar-refractivity contribution is 0.669. The average Bonchev–Trinajstić information content (AvgIpc) is 3.90. The monoisotopic (exact) mass is 792 g/mol. The number of fused-ring (bicyclic) bond motifs is 6. The zero-order chi connectivity index (χ0) is 41.0. The summed E-state index contributed by atoms with van der Waals surface area (Å²) in [5.74, 6) is 1.87. The summed E-state index contributed by atoms with van der Waals surface area (Å²) in [7, 11) is 0. The van der Waals surface area contributed by atoms with Crippen LogP contribution in [0.1, 0.15) is 0 Å². The molecule has 0 aliphatic carbocycles. The predicted molar refractivity (Wildman–Crippen MR) is 254 cm³/mol. The Labute approximate surface area is 357 Å². The highest BCUT2D eigenvalue weighted by molar-refractivity contribution is 6.16. The van der Waals surface area contributed by atoms with Crippen molar-refractivity contribution in [2.45, 2.75) is 0 Å². The summed E-state index contributed by atoms with van der Waals surface area (Å²) in [6.07, 6.45) is 0. The Morgan fingerprint density at radius 1 is 0.323 bits per heavy atom. The smallest absolute Gasteiger partial charge is 0.164 e. The molecule has 62 heavy (non-hydrogen) atoms. The van der Waals surface area contributed by atoms with Crippen LogP contribution in [-0.2, 0) is 0 Å². The summed E-state index contributed by atoms with van der Waals surface area (Å²) in [4.78, 5) is 15.2. The summed E-state index contributed by atoms with van der Waals surface area (Å²) < 4.78 is 8.97. The molecule has 0 saturated heterocycles. The zero-order valence-corrected chi connectivity index (χ0v) is 33.5. The van der Waals surface area contributed by atoms with Crippen LogP contribution in [0.2, 0.25) is 0 Å². The third-order valence-corrected chi connectivity index (χ3v) is 11.9. The van der Waals surface area contributed by atoms with Crippen molar-refractivity contribution >= 4 is 43.7 Å². The number of furan rings is 1. The van der Waals surface area contributed by atoms with Crippen molar-refractivity contribution < 1.29 is 4.42 Å².